The fourth-order valence-corrected chi connectivity index (χ4v) is 3.76. The van der Waals surface area contributed by atoms with Gasteiger partial charge in [-0.2, -0.15) is 15.5 Å². The molecule has 3 aromatic rings. The number of halogens is 1. The summed E-state index contributed by atoms with van der Waals surface area (Å²) in [6, 6.07) is 11.0. The summed E-state index contributed by atoms with van der Waals surface area (Å²) in [7, 11) is 0. The number of nitriles is 1. The molecule has 0 radical (unpaired) electrons. The monoisotopic (exact) mass is 408 g/mol. The Kier molecular flexibility index (Phi) is 5.36. The van der Waals surface area contributed by atoms with E-state index in [1.54, 1.807) is 16.8 Å². The summed E-state index contributed by atoms with van der Waals surface area (Å²) in [5.41, 5.74) is 3.64. The Hall–Kier alpha value is -3.11. The number of aromatic nitrogens is 4. The van der Waals surface area contributed by atoms with Gasteiger partial charge in [0.15, 0.2) is 0 Å². The molecule has 29 heavy (non-hydrogen) atoms. The molecular formula is C21H21ClN6O. The molecule has 4 rings (SSSR count). The van der Waals surface area contributed by atoms with Crippen molar-refractivity contribution in [1.82, 2.24) is 24.9 Å². The quantitative estimate of drug-likeness (QED) is 0.700. The van der Waals surface area contributed by atoms with E-state index in [1.165, 1.54) is 0 Å². The average molecular weight is 409 g/mol. The zero-order valence-corrected chi connectivity index (χ0v) is 16.9. The van der Waals surface area contributed by atoms with Gasteiger partial charge in [0.1, 0.15) is 11.8 Å². The number of nitrogens with zero attached hydrogens (tertiary/aromatic N) is 5. The van der Waals surface area contributed by atoms with Gasteiger partial charge in [-0.25, -0.2) is 0 Å². The lowest BCUT2D eigenvalue weighted by Gasteiger charge is -2.13. The largest absolute Gasteiger partial charge is 0.346 e. The lowest BCUT2D eigenvalue weighted by Crippen LogP contribution is -2.36. The standard InChI is InChI=1S/C21H21ClN6O/c1-14(24-21(29)20-11-17-4-2-3-8-28(17)26-20)13-27-9-7-19(25-27)15-5-6-16(12-23)18(22)10-15/h5-7,9-11,14H,2-4,8,13H2,1H3,(H,24,29)/t14-/m0/s1. The van der Waals surface area contributed by atoms with Crippen molar-refractivity contribution in [3.05, 3.63) is 58.5 Å². The third-order valence-electron chi connectivity index (χ3n) is 5.01. The molecule has 0 saturated heterocycles. The molecule has 148 valence electrons. The van der Waals surface area contributed by atoms with Crippen molar-refractivity contribution >= 4 is 17.5 Å². The van der Waals surface area contributed by atoms with Crippen molar-refractivity contribution in [1.29, 1.82) is 5.26 Å². The van der Waals surface area contributed by atoms with Crippen molar-refractivity contribution in [2.45, 2.75) is 45.3 Å². The predicted octanol–water partition coefficient (Wildman–Crippen LogP) is 3.43. The van der Waals surface area contributed by atoms with Crippen molar-refractivity contribution in [3.63, 3.8) is 0 Å². The molecule has 0 aliphatic carbocycles. The molecular weight excluding hydrogens is 388 g/mol. The molecule has 0 unspecified atom stereocenters. The summed E-state index contributed by atoms with van der Waals surface area (Å²) in [4.78, 5) is 12.5. The molecule has 1 atom stereocenters. The first kappa shape index (κ1) is 19.2. The van der Waals surface area contributed by atoms with Gasteiger partial charge in [-0.1, -0.05) is 17.7 Å². The molecule has 2 aromatic heterocycles. The first-order valence-corrected chi connectivity index (χ1v) is 10.0. The first-order valence-electron chi connectivity index (χ1n) is 9.64. The minimum atomic E-state index is -0.161. The molecule has 0 bridgehead atoms. The predicted molar refractivity (Wildman–Crippen MR) is 109 cm³/mol. The van der Waals surface area contributed by atoms with Crippen molar-refractivity contribution < 1.29 is 4.79 Å². The van der Waals surface area contributed by atoms with Crippen LogP contribution in [0.25, 0.3) is 11.3 Å². The number of hydrogen-bond donors (Lipinski definition) is 1. The second-order valence-electron chi connectivity index (χ2n) is 7.31. The van der Waals surface area contributed by atoms with Gasteiger partial charge in [-0.3, -0.25) is 14.2 Å². The van der Waals surface area contributed by atoms with Crippen LogP contribution in [0.2, 0.25) is 5.02 Å². The number of amides is 1. The topological polar surface area (TPSA) is 88.5 Å². The van der Waals surface area contributed by atoms with Crippen LogP contribution in [-0.2, 0) is 19.5 Å². The molecule has 1 aliphatic heterocycles. The number of aryl methyl sites for hydroxylation is 2. The van der Waals surface area contributed by atoms with Gasteiger partial charge >= 0.3 is 0 Å². The molecule has 1 N–H and O–H groups in total. The highest BCUT2D eigenvalue weighted by molar-refractivity contribution is 6.32. The molecule has 1 aromatic carbocycles. The first-order chi connectivity index (χ1) is 14.0. The van der Waals surface area contributed by atoms with Gasteiger partial charge in [-0.15, -0.1) is 0 Å². The highest BCUT2D eigenvalue weighted by Gasteiger charge is 2.18. The molecule has 0 spiro atoms. The van der Waals surface area contributed by atoms with E-state index in [4.69, 9.17) is 16.9 Å². The highest BCUT2D eigenvalue weighted by Crippen LogP contribution is 2.24. The Balaban J connectivity index is 1.39. The van der Waals surface area contributed by atoms with Gasteiger partial charge in [0, 0.05) is 30.0 Å². The molecule has 7 nitrogen and oxygen atoms in total. The van der Waals surface area contributed by atoms with Crippen LogP contribution >= 0.6 is 11.6 Å². The van der Waals surface area contributed by atoms with Crippen molar-refractivity contribution in [2.75, 3.05) is 0 Å². The summed E-state index contributed by atoms with van der Waals surface area (Å²) < 4.78 is 3.72. The van der Waals surface area contributed by atoms with Crippen LogP contribution in [0.3, 0.4) is 0 Å². The van der Waals surface area contributed by atoms with Crippen LogP contribution in [-0.4, -0.2) is 31.5 Å². The second-order valence-corrected chi connectivity index (χ2v) is 7.71. The van der Waals surface area contributed by atoms with Gasteiger partial charge in [0.2, 0.25) is 0 Å². The van der Waals surface area contributed by atoms with Crippen molar-refractivity contribution in [3.8, 4) is 17.3 Å². The van der Waals surface area contributed by atoms with E-state index in [0.29, 0.717) is 22.8 Å². The molecule has 3 heterocycles. The maximum Gasteiger partial charge on any atom is 0.272 e. The van der Waals surface area contributed by atoms with Crippen LogP contribution in [0.4, 0.5) is 0 Å². The minimum absolute atomic E-state index is 0.112. The SMILES string of the molecule is C[C@@H](Cn1ccc(-c2ccc(C#N)c(Cl)c2)n1)NC(=O)c1cc2n(n1)CCCC2. The number of fused-ring (bicyclic) bond motifs is 1. The minimum Gasteiger partial charge on any atom is -0.346 e. The Morgan fingerprint density at radius 2 is 2.17 bits per heavy atom. The molecule has 1 aliphatic rings. The van der Waals surface area contributed by atoms with Crippen LogP contribution < -0.4 is 5.32 Å². The van der Waals surface area contributed by atoms with Crippen LogP contribution in [0.1, 0.15) is 41.5 Å². The molecule has 0 saturated carbocycles. The van der Waals surface area contributed by atoms with E-state index < -0.39 is 0 Å². The zero-order chi connectivity index (χ0) is 20.4. The van der Waals surface area contributed by atoms with Gasteiger partial charge < -0.3 is 5.32 Å². The van der Waals surface area contributed by atoms with E-state index in [0.717, 1.165) is 42.8 Å². The summed E-state index contributed by atoms with van der Waals surface area (Å²) in [6.45, 7) is 3.35. The zero-order valence-electron chi connectivity index (χ0n) is 16.1. The van der Waals surface area contributed by atoms with Gasteiger partial charge in [-0.05, 0) is 50.5 Å². The number of carbonyl (C=O) groups excluding carboxylic acids is 1. The molecule has 8 heteroatoms. The van der Waals surface area contributed by atoms with E-state index in [9.17, 15) is 4.79 Å². The van der Waals surface area contributed by atoms with Crippen molar-refractivity contribution in [2.24, 2.45) is 0 Å². The Labute approximate surface area is 173 Å². The number of rotatable bonds is 5. The lowest BCUT2D eigenvalue weighted by molar-refractivity contribution is 0.0930. The van der Waals surface area contributed by atoms with Crippen LogP contribution in [0, 0.1) is 11.3 Å². The summed E-state index contributed by atoms with van der Waals surface area (Å²) in [5, 5.41) is 21.4. The average Bonchev–Trinajstić information content (AvgIpc) is 3.34. The fourth-order valence-electron chi connectivity index (χ4n) is 3.54. The van der Waals surface area contributed by atoms with Crippen LogP contribution in [0.5, 0.6) is 0 Å². The van der Waals surface area contributed by atoms with E-state index in [1.807, 2.05) is 42.1 Å². The van der Waals surface area contributed by atoms with Gasteiger partial charge in [0.05, 0.1) is 22.8 Å². The van der Waals surface area contributed by atoms with E-state index >= 15 is 0 Å². The van der Waals surface area contributed by atoms with Gasteiger partial charge in [0.25, 0.3) is 5.91 Å². The van der Waals surface area contributed by atoms with E-state index in [2.05, 4.69) is 15.5 Å². The summed E-state index contributed by atoms with van der Waals surface area (Å²) in [5.74, 6) is -0.161. The molecule has 1 amide bonds. The lowest BCUT2D eigenvalue weighted by atomic mass is 10.1. The number of hydrogen-bond acceptors (Lipinski definition) is 4. The second kappa shape index (κ2) is 8.10. The van der Waals surface area contributed by atoms with Crippen LogP contribution in [0.15, 0.2) is 36.5 Å². The number of carbonyl (C=O) groups is 1. The third-order valence-corrected chi connectivity index (χ3v) is 5.33. The highest BCUT2D eigenvalue weighted by atomic mass is 35.5. The maximum absolute atomic E-state index is 12.5. The number of benzene rings is 1. The Morgan fingerprint density at radius 1 is 1.31 bits per heavy atom. The summed E-state index contributed by atoms with van der Waals surface area (Å²) in [6.07, 6.45) is 5.10. The fraction of sp³-hybridized carbons (Fsp3) is 0.333. The maximum atomic E-state index is 12.5. The summed E-state index contributed by atoms with van der Waals surface area (Å²) >= 11 is 6.11. The third kappa shape index (κ3) is 4.17. The smallest absolute Gasteiger partial charge is 0.272 e. The van der Waals surface area contributed by atoms with E-state index in [-0.39, 0.29) is 11.9 Å². The Morgan fingerprint density at radius 3 is 2.93 bits per heavy atom. The molecule has 0 fully saturated rings. The Bertz CT molecular complexity index is 1070. The number of nitrogens with one attached hydrogen (secondary N) is 1. The normalized spacial score (nSPS) is 14.1.